The number of thioether (sulfide) groups is 1. The third kappa shape index (κ3) is 10.2. The molecule has 3 aromatic carbocycles. The molecule has 0 aliphatic rings. The Hall–Kier alpha value is -4.74. The normalized spacial score (nSPS) is 13.2. The summed E-state index contributed by atoms with van der Waals surface area (Å²) in [6.45, 7) is 5.76. The number of pyridine rings is 1. The van der Waals surface area contributed by atoms with E-state index in [2.05, 4.69) is 69.7 Å². The molecule has 0 aliphatic heterocycles. The van der Waals surface area contributed by atoms with Gasteiger partial charge in [0.15, 0.2) is 0 Å². The van der Waals surface area contributed by atoms with Gasteiger partial charge in [-0.2, -0.15) is 11.8 Å². The highest BCUT2D eigenvalue weighted by Gasteiger charge is 2.26. The molecule has 0 unspecified atom stereocenters. The summed E-state index contributed by atoms with van der Waals surface area (Å²) >= 11 is 1.61. The highest BCUT2D eigenvalue weighted by molar-refractivity contribution is 7.98. The van der Waals surface area contributed by atoms with Crippen LogP contribution >= 0.6 is 11.8 Å². The molecule has 0 saturated heterocycles. The van der Waals surface area contributed by atoms with Gasteiger partial charge in [0, 0.05) is 49.1 Å². The maximum Gasteiger partial charge on any atom is 0.328 e. The van der Waals surface area contributed by atoms with Crippen molar-refractivity contribution in [3.05, 3.63) is 108 Å². The first-order chi connectivity index (χ1) is 24.8. The van der Waals surface area contributed by atoms with Gasteiger partial charge in [-0.3, -0.25) is 19.5 Å². The average Bonchev–Trinajstić information content (AvgIpc) is 3.58. The molecule has 2 N–H and O–H groups in total. The highest BCUT2D eigenvalue weighted by Crippen LogP contribution is 2.22. The minimum Gasteiger partial charge on any atom is -0.467 e. The fourth-order valence-electron chi connectivity index (χ4n) is 6.39. The molecule has 2 heterocycles. The summed E-state index contributed by atoms with van der Waals surface area (Å²) in [7, 11) is 1.33. The number of ether oxygens (including phenoxy) is 1. The van der Waals surface area contributed by atoms with Crippen LogP contribution in [0.25, 0.3) is 21.7 Å². The van der Waals surface area contributed by atoms with Crippen LogP contribution in [0.15, 0.2) is 91.5 Å². The number of methoxy groups -OCH3 is 1. The number of nitrogens with zero attached hydrogens (tertiary/aromatic N) is 4. The van der Waals surface area contributed by atoms with Gasteiger partial charge in [0.05, 0.1) is 31.9 Å². The molecule has 3 atom stereocenters. The Labute approximate surface area is 304 Å². The summed E-state index contributed by atoms with van der Waals surface area (Å²) in [5.74, 6) is -0.00363. The van der Waals surface area contributed by atoms with Crippen LogP contribution in [0.2, 0.25) is 0 Å². The van der Waals surface area contributed by atoms with Crippen LogP contribution in [0.4, 0.5) is 0 Å². The molecule has 0 spiro atoms. The molecular formula is C40H48N6O4S. The topological polar surface area (TPSA) is 118 Å². The van der Waals surface area contributed by atoms with Gasteiger partial charge in [-0.25, -0.2) is 9.78 Å². The standard InChI is InChI=1S/C40H48N6O4S/c1-5-28(2)37(44-38(47)21-32-22-41-27-46(32)24-31-17-19-42-35-16-9-8-15-34(31)35)25-45(23-30-13-10-12-29-11-6-7-14-33(29)30)26-39(48)43-36(18-20-51-4)40(49)50-3/h6-17,19,22,27-28,36-37H,5,18,20-21,23-26H2,1-4H3,(H,43,48)(H,44,47)/t28-,36-,37+/m0/s1. The second-order valence-corrected chi connectivity index (χ2v) is 14.0. The van der Waals surface area contributed by atoms with Gasteiger partial charge in [-0.05, 0) is 58.4 Å². The molecule has 11 heteroatoms. The van der Waals surface area contributed by atoms with Crippen LogP contribution in [0.1, 0.15) is 43.5 Å². The molecule has 0 fully saturated rings. The van der Waals surface area contributed by atoms with Crippen molar-refractivity contribution in [3.8, 4) is 0 Å². The lowest BCUT2D eigenvalue weighted by molar-refractivity contribution is -0.145. The highest BCUT2D eigenvalue weighted by atomic mass is 32.2. The van der Waals surface area contributed by atoms with Crippen molar-refractivity contribution in [2.24, 2.45) is 5.92 Å². The number of amides is 2. The number of rotatable bonds is 18. The van der Waals surface area contributed by atoms with Gasteiger partial charge < -0.3 is 19.9 Å². The van der Waals surface area contributed by atoms with Crippen molar-refractivity contribution in [2.75, 3.05) is 32.2 Å². The molecule has 0 aliphatic carbocycles. The smallest absolute Gasteiger partial charge is 0.328 e. The van der Waals surface area contributed by atoms with Crippen molar-refractivity contribution < 1.29 is 19.1 Å². The van der Waals surface area contributed by atoms with E-state index in [1.165, 1.54) is 7.11 Å². The zero-order valence-corrected chi connectivity index (χ0v) is 30.7. The summed E-state index contributed by atoms with van der Waals surface area (Å²) in [5, 5.41) is 9.51. The summed E-state index contributed by atoms with van der Waals surface area (Å²) < 4.78 is 6.99. The predicted octanol–water partition coefficient (Wildman–Crippen LogP) is 5.62. The Morgan fingerprint density at radius 3 is 2.49 bits per heavy atom. The fraction of sp³-hybridized carbons (Fsp3) is 0.375. The molecule has 0 radical (unpaired) electrons. The second kappa shape index (κ2) is 18.5. The molecule has 2 aromatic heterocycles. The average molecular weight is 709 g/mol. The molecule has 51 heavy (non-hydrogen) atoms. The Kier molecular flexibility index (Phi) is 13.6. The molecule has 5 rings (SSSR count). The van der Waals surface area contributed by atoms with Crippen LogP contribution in [0.5, 0.6) is 0 Å². The maximum atomic E-state index is 13.7. The Balaban J connectivity index is 1.34. The number of benzene rings is 3. The van der Waals surface area contributed by atoms with Crippen LogP contribution < -0.4 is 10.6 Å². The lowest BCUT2D eigenvalue weighted by atomic mass is 9.97. The summed E-state index contributed by atoms with van der Waals surface area (Å²) in [6.07, 6.45) is 8.75. The van der Waals surface area contributed by atoms with E-state index in [-0.39, 0.29) is 36.7 Å². The number of imidazole rings is 1. The third-order valence-corrected chi connectivity index (χ3v) is 10.1. The van der Waals surface area contributed by atoms with Crippen molar-refractivity contribution >= 4 is 51.2 Å². The van der Waals surface area contributed by atoms with Crippen LogP contribution in [0.3, 0.4) is 0 Å². The molecule has 268 valence electrons. The Morgan fingerprint density at radius 1 is 0.941 bits per heavy atom. The van der Waals surface area contributed by atoms with Crippen molar-refractivity contribution in [1.29, 1.82) is 0 Å². The van der Waals surface area contributed by atoms with Crippen molar-refractivity contribution in [2.45, 2.75) is 58.3 Å². The largest absolute Gasteiger partial charge is 0.467 e. The lowest BCUT2D eigenvalue weighted by Crippen LogP contribution is -2.51. The number of hydrogen-bond acceptors (Lipinski definition) is 8. The van der Waals surface area contributed by atoms with Crippen molar-refractivity contribution in [3.63, 3.8) is 0 Å². The van der Waals surface area contributed by atoms with E-state index in [1.807, 2.05) is 59.5 Å². The monoisotopic (exact) mass is 708 g/mol. The van der Waals surface area contributed by atoms with E-state index in [0.29, 0.717) is 31.8 Å². The van der Waals surface area contributed by atoms with Gasteiger partial charge in [0.25, 0.3) is 0 Å². The number of para-hydroxylation sites is 1. The van der Waals surface area contributed by atoms with Gasteiger partial charge in [0.2, 0.25) is 11.8 Å². The summed E-state index contributed by atoms with van der Waals surface area (Å²) in [6, 6.07) is 23.4. The molecular weight excluding hydrogens is 661 g/mol. The predicted molar refractivity (Wildman–Crippen MR) is 204 cm³/mol. The van der Waals surface area contributed by atoms with Crippen LogP contribution in [-0.2, 0) is 38.6 Å². The molecule has 2 amide bonds. The van der Waals surface area contributed by atoms with Gasteiger partial charge in [-0.1, -0.05) is 80.9 Å². The first-order valence-corrected chi connectivity index (χ1v) is 18.8. The fourth-order valence-corrected chi connectivity index (χ4v) is 6.86. The number of carbonyl (C=O) groups is 3. The third-order valence-electron chi connectivity index (χ3n) is 9.43. The molecule has 0 saturated carbocycles. The maximum absolute atomic E-state index is 13.7. The quantitative estimate of drug-likeness (QED) is 0.113. The van der Waals surface area contributed by atoms with Crippen molar-refractivity contribution in [1.82, 2.24) is 30.1 Å². The van der Waals surface area contributed by atoms with Crippen LogP contribution in [-0.4, -0.2) is 81.5 Å². The second-order valence-electron chi connectivity index (χ2n) is 13.0. The van der Waals surface area contributed by atoms with E-state index in [9.17, 15) is 14.4 Å². The first-order valence-electron chi connectivity index (χ1n) is 17.5. The Morgan fingerprint density at radius 2 is 1.71 bits per heavy atom. The van der Waals surface area contributed by atoms with E-state index >= 15 is 0 Å². The molecule has 10 nitrogen and oxygen atoms in total. The zero-order chi connectivity index (χ0) is 36.2. The SMILES string of the molecule is CC[C@H](C)[C@@H](CN(CC(=O)N[C@@H](CCSC)C(=O)OC)Cc1cccc2ccccc12)NC(=O)Cc1cncn1Cc1ccnc2ccccc12. The van der Waals surface area contributed by atoms with Gasteiger partial charge >= 0.3 is 5.97 Å². The summed E-state index contributed by atoms with van der Waals surface area (Å²) in [4.78, 5) is 50.7. The minimum absolute atomic E-state index is 0.0471. The molecule has 0 bridgehead atoms. The summed E-state index contributed by atoms with van der Waals surface area (Å²) in [5.41, 5.74) is 3.91. The zero-order valence-electron chi connectivity index (χ0n) is 29.9. The van der Waals surface area contributed by atoms with Gasteiger partial charge in [-0.15, -0.1) is 0 Å². The van der Waals surface area contributed by atoms with Gasteiger partial charge in [0.1, 0.15) is 6.04 Å². The van der Waals surface area contributed by atoms with E-state index in [0.717, 1.165) is 44.9 Å². The number of carbonyl (C=O) groups excluding carboxylic acids is 3. The van der Waals surface area contributed by atoms with E-state index in [1.54, 1.807) is 24.3 Å². The minimum atomic E-state index is -0.727. The number of hydrogen-bond donors (Lipinski definition) is 2. The number of nitrogens with one attached hydrogen (secondary N) is 2. The number of esters is 1. The first kappa shape index (κ1) is 37.5. The lowest BCUT2D eigenvalue weighted by Gasteiger charge is -2.32. The number of fused-ring (bicyclic) bond motifs is 2. The Bertz CT molecular complexity index is 1920. The van der Waals surface area contributed by atoms with E-state index in [4.69, 9.17) is 4.74 Å². The number of aromatic nitrogens is 3. The van der Waals surface area contributed by atoms with Crippen LogP contribution in [0, 0.1) is 5.92 Å². The molecule has 5 aromatic rings. The van der Waals surface area contributed by atoms with E-state index < -0.39 is 12.0 Å².